The van der Waals surface area contributed by atoms with Crippen LogP contribution in [0.4, 0.5) is 5.82 Å². The lowest BCUT2D eigenvalue weighted by Gasteiger charge is -2.36. The van der Waals surface area contributed by atoms with Crippen molar-refractivity contribution in [1.29, 1.82) is 0 Å². The number of aromatic nitrogens is 3. The van der Waals surface area contributed by atoms with E-state index in [1.165, 1.54) is 18.9 Å². The number of phenols is 1. The molecule has 0 radical (unpaired) electrons. The largest absolute Gasteiger partial charge is 0.507 e. The molecule has 2 atom stereocenters. The van der Waals surface area contributed by atoms with Crippen molar-refractivity contribution in [3.8, 4) is 28.1 Å². The van der Waals surface area contributed by atoms with Gasteiger partial charge in [0.25, 0.3) is 0 Å². The van der Waals surface area contributed by atoms with Gasteiger partial charge in [-0.2, -0.15) is 0 Å². The molecule has 5 rings (SSSR count). The lowest BCUT2D eigenvalue weighted by atomic mass is 9.98. The number of aromatic amines is 1. The van der Waals surface area contributed by atoms with Gasteiger partial charge in [0.1, 0.15) is 11.6 Å². The van der Waals surface area contributed by atoms with Gasteiger partial charge >= 0.3 is 0 Å². The van der Waals surface area contributed by atoms with Gasteiger partial charge in [-0.05, 0) is 55.0 Å². The van der Waals surface area contributed by atoms with Crippen molar-refractivity contribution in [3.63, 3.8) is 0 Å². The molecule has 0 aliphatic carbocycles. The van der Waals surface area contributed by atoms with Crippen LogP contribution in [0.25, 0.3) is 22.4 Å². The number of rotatable bonds is 4. The van der Waals surface area contributed by atoms with Crippen LogP contribution in [-0.2, 0) is 0 Å². The lowest BCUT2D eigenvalue weighted by molar-refractivity contribution is 0.353. The molecule has 0 amide bonds. The number of anilines is 1. The van der Waals surface area contributed by atoms with Crippen molar-refractivity contribution in [3.05, 3.63) is 59.3 Å². The van der Waals surface area contributed by atoms with Gasteiger partial charge in [-0.15, -0.1) is 0 Å². The van der Waals surface area contributed by atoms with E-state index in [0.717, 1.165) is 29.8 Å². The highest BCUT2D eigenvalue weighted by atomic mass is 16.3. The molecular weight excluding hydrogens is 378 g/mol. The van der Waals surface area contributed by atoms with Gasteiger partial charge in [0.2, 0.25) is 5.56 Å². The smallest absolute Gasteiger partial charge is 0.248 e. The van der Waals surface area contributed by atoms with Gasteiger partial charge in [0.05, 0.1) is 18.1 Å². The van der Waals surface area contributed by atoms with Crippen LogP contribution in [0.3, 0.4) is 0 Å². The summed E-state index contributed by atoms with van der Waals surface area (Å²) in [6, 6.07) is 10.4. The molecule has 7 nitrogen and oxygen atoms in total. The lowest BCUT2D eigenvalue weighted by Crippen LogP contribution is -2.47. The molecule has 7 heteroatoms. The molecule has 3 aromatic rings. The molecule has 154 valence electrons. The van der Waals surface area contributed by atoms with Crippen molar-refractivity contribution >= 4 is 5.82 Å². The molecule has 0 saturated carbocycles. The molecule has 2 fully saturated rings. The van der Waals surface area contributed by atoms with Crippen LogP contribution in [0.5, 0.6) is 5.75 Å². The Labute approximate surface area is 174 Å². The molecule has 30 heavy (non-hydrogen) atoms. The fourth-order valence-electron chi connectivity index (χ4n) is 4.72. The number of piperidine rings is 1. The quantitative estimate of drug-likeness (QED) is 0.620. The van der Waals surface area contributed by atoms with Gasteiger partial charge in [0.15, 0.2) is 0 Å². The second-order valence-electron chi connectivity index (χ2n) is 8.31. The Morgan fingerprint density at radius 3 is 2.47 bits per heavy atom. The summed E-state index contributed by atoms with van der Waals surface area (Å²) in [5.41, 5.74) is 2.58. The van der Waals surface area contributed by atoms with E-state index in [0.29, 0.717) is 29.4 Å². The molecule has 2 aliphatic rings. The summed E-state index contributed by atoms with van der Waals surface area (Å²) in [5, 5.41) is 14.2. The predicted molar refractivity (Wildman–Crippen MR) is 117 cm³/mol. The van der Waals surface area contributed by atoms with Crippen LogP contribution in [0.15, 0.2) is 53.7 Å². The van der Waals surface area contributed by atoms with Crippen molar-refractivity contribution < 1.29 is 5.11 Å². The third-order valence-electron chi connectivity index (χ3n) is 6.38. The third-order valence-corrected chi connectivity index (χ3v) is 6.38. The Hall–Kier alpha value is -3.19. The van der Waals surface area contributed by atoms with Crippen molar-refractivity contribution in [1.82, 2.24) is 20.3 Å². The minimum atomic E-state index is -0.177. The molecule has 0 spiro atoms. The van der Waals surface area contributed by atoms with E-state index < -0.39 is 0 Å². The summed E-state index contributed by atoms with van der Waals surface area (Å²) < 4.78 is 0. The first kappa shape index (κ1) is 18.8. The summed E-state index contributed by atoms with van der Waals surface area (Å²) in [5.74, 6) is 0.961. The van der Waals surface area contributed by atoms with E-state index in [1.807, 2.05) is 12.1 Å². The zero-order valence-corrected chi connectivity index (χ0v) is 16.9. The van der Waals surface area contributed by atoms with Crippen molar-refractivity contribution in [2.75, 3.05) is 11.9 Å². The number of fused-ring (bicyclic) bond motifs is 2. The third kappa shape index (κ3) is 3.57. The molecular formula is C23H25N5O2. The molecule has 2 unspecified atom stereocenters. The maximum Gasteiger partial charge on any atom is 0.248 e. The monoisotopic (exact) mass is 403 g/mol. The summed E-state index contributed by atoms with van der Waals surface area (Å²) >= 11 is 0. The number of hydrogen-bond donors (Lipinski definition) is 3. The first-order chi connectivity index (χ1) is 14.6. The highest BCUT2D eigenvalue weighted by Gasteiger charge is 2.35. The Morgan fingerprint density at radius 1 is 1.03 bits per heavy atom. The fourth-order valence-corrected chi connectivity index (χ4v) is 4.72. The van der Waals surface area contributed by atoms with Crippen molar-refractivity contribution in [2.45, 2.75) is 43.8 Å². The van der Waals surface area contributed by atoms with Crippen LogP contribution in [0.1, 0.15) is 25.7 Å². The van der Waals surface area contributed by atoms with Gasteiger partial charge in [-0.3, -0.25) is 9.78 Å². The Morgan fingerprint density at radius 2 is 1.80 bits per heavy atom. The molecule has 1 aromatic carbocycles. The number of nitrogens with one attached hydrogen (secondary N) is 2. The molecule has 4 heterocycles. The van der Waals surface area contributed by atoms with Gasteiger partial charge in [0, 0.05) is 43.0 Å². The van der Waals surface area contributed by atoms with Gasteiger partial charge < -0.3 is 20.3 Å². The average molecular weight is 403 g/mol. The number of nitrogens with zero attached hydrogens (tertiary/aromatic N) is 3. The van der Waals surface area contributed by atoms with Gasteiger partial charge in [-0.25, -0.2) is 4.98 Å². The number of hydrogen-bond acceptors (Lipinski definition) is 6. The molecule has 3 N–H and O–H groups in total. The highest BCUT2D eigenvalue weighted by Crippen LogP contribution is 2.33. The van der Waals surface area contributed by atoms with Crippen LogP contribution < -0.4 is 15.8 Å². The van der Waals surface area contributed by atoms with Crippen molar-refractivity contribution in [2.24, 2.45) is 0 Å². The molecule has 2 aliphatic heterocycles. The Balaban J connectivity index is 1.35. The topological polar surface area (TPSA) is 94.1 Å². The number of aromatic hydroxyl groups is 1. The summed E-state index contributed by atoms with van der Waals surface area (Å²) in [4.78, 5) is 25.5. The van der Waals surface area contributed by atoms with Crippen LogP contribution in [0, 0.1) is 0 Å². The van der Waals surface area contributed by atoms with Gasteiger partial charge in [-0.1, -0.05) is 6.07 Å². The average Bonchev–Trinajstić information content (AvgIpc) is 3.10. The summed E-state index contributed by atoms with van der Waals surface area (Å²) in [7, 11) is 2.09. The van der Waals surface area contributed by atoms with E-state index in [1.54, 1.807) is 30.7 Å². The standard InChI is InChI=1S/C23H25N5O2/c1-28(18-10-16-3-4-17(11-18)27-16)22-13-25-20(12-26-22)19-5-2-14(8-21(19)29)15-6-7-24-23(30)9-15/h2,5-9,12-13,16-18,27,29H,3-4,10-11H2,1H3,(H,24,30). The fraction of sp³-hybridized carbons (Fsp3) is 0.348. The first-order valence-corrected chi connectivity index (χ1v) is 10.4. The summed E-state index contributed by atoms with van der Waals surface area (Å²) in [6.07, 6.45) is 9.91. The van der Waals surface area contributed by atoms with E-state index >= 15 is 0 Å². The zero-order chi connectivity index (χ0) is 20.7. The number of benzene rings is 1. The first-order valence-electron chi connectivity index (χ1n) is 10.4. The zero-order valence-electron chi connectivity index (χ0n) is 16.9. The summed E-state index contributed by atoms with van der Waals surface area (Å²) in [6.45, 7) is 0. The molecule has 2 saturated heterocycles. The SMILES string of the molecule is CN(c1cnc(-c2ccc(-c3cc[nH]c(=O)c3)cc2O)cn1)C1CC2CCC(C1)N2. The maximum atomic E-state index is 11.5. The van der Waals surface area contributed by atoms with E-state index in [9.17, 15) is 9.90 Å². The van der Waals surface area contributed by atoms with Crippen LogP contribution in [0.2, 0.25) is 0 Å². The predicted octanol–water partition coefficient (Wildman–Crippen LogP) is 2.92. The normalized spacial score (nSPS) is 22.8. The highest BCUT2D eigenvalue weighted by molar-refractivity contribution is 5.74. The number of H-pyrrole nitrogens is 1. The number of pyridine rings is 1. The minimum Gasteiger partial charge on any atom is -0.507 e. The Bertz CT molecular complexity index is 1100. The minimum absolute atomic E-state index is 0.109. The van der Waals surface area contributed by atoms with E-state index in [2.05, 4.69) is 32.2 Å². The van der Waals surface area contributed by atoms with Crippen LogP contribution >= 0.6 is 0 Å². The van der Waals surface area contributed by atoms with E-state index in [4.69, 9.17) is 0 Å². The van der Waals surface area contributed by atoms with E-state index in [-0.39, 0.29) is 11.3 Å². The Kier molecular flexibility index (Phi) is 4.75. The maximum absolute atomic E-state index is 11.5. The number of phenolic OH excluding ortho intramolecular Hbond substituents is 1. The van der Waals surface area contributed by atoms with Crippen LogP contribution in [-0.4, -0.2) is 45.2 Å². The second kappa shape index (κ2) is 7.57. The second-order valence-corrected chi connectivity index (χ2v) is 8.31. The molecule has 2 aromatic heterocycles. The molecule has 2 bridgehead atoms.